The maximum absolute atomic E-state index is 12.0. The van der Waals surface area contributed by atoms with E-state index in [0.717, 1.165) is 39.1 Å². The highest BCUT2D eigenvalue weighted by Crippen LogP contribution is 2.22. The third kappa shape index (κ3) is 6.88. The van der Waals surface area contributed by atoms with Crippen LogP contribution in [-0.4, -0.2) is 57.2 Å². The van der Waals surface area contributed by atoms with Crippen molar-refractivity contribution >= 4 is 18.3 Å². The van der Waals surface area contributed by atoms with E-state index in [4.69, 9.17) is 10.5 Å². The Bertz CT molecular complexity index is 288. The van der Waals surface area contributed by atoms with Crippen molar-refractivity contribution in [3.05, 3.63) is 0 Å². The molecule has 1 fully saturated rings. The van der Waals surface area contributed by atoms with Gasteiger partial charge in [0.15, 0.2) is 0 Å². The van der Waals surface area contributed by atoms with Crippen molar-refractivity contribution in [1.82, 2.24) is 10.2 Å². The molecule has 1 rings (SSSR count). The SMILES string of the molecule is COCC(C)(C)CN1CCCC(C(=O)NCCN)C1.Cl. The Balaban J connectivity index is 0.00000361. The number of carbonyl (C=O) groups is 1. The molecule has 0 aromatic heterocycles. The summed E-state index contributed by atoms with van der Waals surface area (Å²) in [7, 11) is 1.74. The van der Waals surface area contributed by atoms with Crippen molar-refractivity contribution in [3.63, 3.8) is 0 Å². The smallest absolute Gasteiger partial charge is 0.224 e. The first-order valence-corrected chi connectivity index (χ1v) is 7.17. The van der Waals surface area contributed by atoms with Gasteiger partial charge in [-0.1, -0.05) is 13.8 Å². The number of rotatable bonds is 7. The Morgan fingerprint density at radius 2 is 2.20 bits per heavy atom. The molecule has 1 unspecified atom stereocenters. The minimum absolute atomic E-state index is 0. The molecule has 120 valence electrons. The molecular formula is C14H30ClN3O2. The molecule has 0 radical (unpaired) electrons. The van der Waals surface area contributed by atoms with Crippen LogP contribution >= 0.6 is 12.4 Å². The number of nitrogens with zero attached hydrogens (tertiary/aromatic N) is 1. The van der Waals surface area contributed by atoms with Crippen LogP contribution in [0.3, 0.4) is 0 Å². The molecule has 1 saturated heterocycles. The molecule has 0 saturated carbocycles. The normalized spacial score (nSPS) is 20.3. The summed E-state index contributed by atoms with van der Waals surface area (Å²) in [5.74, 6) is 0.262. The largest absolute Gasteiger partial charge is 0.384 e. The molecule has 6 heteroatoms. The number of carbonyl (C=O) groups excluding carboxylic acids is 1. The zero-order valence-electron chi connectivity index (χ0n) is 13.0. The van der Waals surface area contributed by atoms with Crippen LogP contribution in [0.1, 0.15) is 26.7 Å². The van der Waals surface area contributed by atoms with Gasteiger partial charge in [0.25, 0.3) is 0 Å². The lowest BCUT2D eigenvalue weighted by molar-refractivity contribution is -0.126. The maximum atomic E-state index is 12.0. The van der Waals surface area contributed by atoms with Crippen LogP contribution in [0.5, 0.6) is 0 Å². The second-order valence-electron chi connectivity index (χ2n) is 6.25. The quantitative estimate of drug-likeness (QED) is 0.732. The highest BCUT2D eigenvalue weighted by atomic mass is 35.5. The molecule has 0 aromatic carbocycles. The van der Waals surface area contributed by atoms with E-state index in [1.807, 2.05) is 0 Å². The second-order valence-corrected chi connectivity index (χ2v) is 6.25. The number of nitrogens with two attached hydrogens (primary N) is 1. The summed E-state index contributed by atoms with van der Waals surface area (Å²) in [6, 6.07) is 0. The summed E-state index contributed by atoms with van der Waals surface area (Å²) in [5.41, 5.74) is 5.54. The lowest BCUT2D eigenvalue weighted by Gasteiger charge is -2.37. The average molecular weight is 308 g/mol. The van der Waals surface area contributed by atoms with Crippen LogP contribution in [0, 0.1) is 11.3 Å². The van der Waals surface area contributed by atoms with E-state index in [2.05, 4.69) is 24.1 Å². The first kappa shape index (κ1) is 19.6. The van der Waals surface area contributed by atoms with Gasteiger partial charge in [-0.15, -0.1) is 12.4 Å². The third-order valence-electron chi connectivity index (χ3n) is 3.51. The lowest BCUT2D eigenvalue weighted by Crippen LogP contribution is -2.47. The summed E-state index contributed by atoms with van der Waals surface area (Å²) < 4.78 is 5.26. The highest BCUT2D eigenvalue weighted by Gasteiger charge is 2.29. The number of nitrogens with one attached hydrogen (secondary N) is 1. The number of amides is 1. The Labute approximate surface area is 129 Å². The van der Waals surface area contributed by atoms with Gasteiger partial charge >= 0.3 is 0 Å². The van der Waals surface area contributed by atoms with Gasteiger partial charge in [0, 0.05) is 38.7 Å². The van der Waals surface area contributed by atoms with Gasteiger partial charge < -0.3 is 20.7 Å². The van der Waals surface area contributed by atoms with Gasteiger partial charge in [0.2, 0.25) is 5.91 Å². The van der Waals surface area contributed by atoms with Gasteiger partial charge in [-0.2, -0.15) is 0 Å². The summed E-state index contributed by atoms with van der Waals surface area (Å²) in [6.45, 7) is 9.13. The third-order valence-corrected chi connectivity index (χ3v) is 3.51. The standard InChI is InChI=1S/C14H29N3O2.ClH/c1-14(2,11-19-3)10-17-8-4-5-12(9-17)13(18)16-7-6-15;/h12H,4-11,15H2,1-3H3,(H,16,18);1H. The molecule has 1 heterocycles. The zero-order valence-corrected chi connectivity index (χ0v) is 13.8. The van der Waals surface area contributed by atoms with Gasteiger partial charge in [0.1, 0.15) is 0 Å². The number of hydrogen-bond donors (Lipinski definition) is 2. The zero-order chi connectivity index (χ0) is 14.3. The maximum Gasteiger partial charge on any atom is 0.224 e. The number of piperidine rings is 1. The van der Waals surface area contributed by atoms with Crippen LogP contribution < -0.4 is 11.1 Å². The number of methoxy groups -OCH3 is 1. The molecular weight excluding hydrogens is 278 g/mol. The van der Waals surface area contributed by atoms with Crippen LogP contribution in [0.15, 0.2) is 0 Å². The van der Waals surface area contributed by atoms with Crippen LogP contribution in [-0.2, 0) is 9.53 Å². The van der Waals surface area contributed by atoms with E-state index in [1.54, 1.807) is 7.11 Å². The lowest BCUT2D eigenvalue weighted by atomic mass is 9.90. The molecule has 20 heavy (non-hydrogen) atoms. The van der Waals surface area contributed by atoms with Crippen LogP contribution in [0.2, 0.25) is 0 Å². The minimum Gasteiger partial charge on any atom is -0.384 e. The fourth-order valence-electron chi connectivity index (χ4n) is 2.79. The van der Waals surface area contributed by atoms with Crippen molar-refractivity contribution in [1.29, 1.82) is 0 Å². The number of likely N-dealkylation sites (tertiary alicyclic amines) is 1. The average Bonchev–Trinajstić information content (AvgIpc) is 2.35. The minimum atomic E-state index is 0. The van der Waals surface area contributed by atoms with E-state index in [9.17, 15) is 4.79 Å². The molecule has 1 atom stereocenters. The summed E-state index contributed by atoms with van der Waals surface area (Å²) in [4.78, 5) is 14.4. The van der Waals surface area contributed by atoms with Crippen LogP contribution in [0.25, 0.3) is 0 Å². The molecule has 1 amide bonds. The van der Waals surface area contributed by atoms with Crippen molar-refractivity contribution in [2.45, 2.75) is 26.7 Å². The van der Waals surface area contributed by atoms with Crippen LogP contribution in [0.4, 0.5) is 0 Å². The number of ether oxygens (including phenoxy) is 1. The number of halogens is 1. The van der Waals surface area contributed by atoms with Gasteiger partial charge in [-0.25, -0.2) is 0 Å². The predicted molar refractivity (Wildman–Crippen MR) is 84.1 cm³/mol. The molecule has 0 bridgehead atoms. The van der Waals surface area contributed by atoms with Crippen molar-refractivity contribution in [2.24, 2.45) is 17.1 Å². The molecule has 0 aromatic rings. The number of hydrogen-bond acceptors (Lipinski definition) is 4. The van der Waals surface area contributed by atoms with E-state index in [0.29, 0.717) is 13.1 Å². The summed E-state index contributed by atoms with van der Waals surface area (Å²) in [6.07, 6.45) is 2.07. The van der Waals surface area contributed by atoms with E-state index in [1.165, 1.54) is 0 Å². The van der Waals surface area contributed by atoms with Crippen molar-refractivity contribution in [3.8, 4) is 0 Å². The van der Waals surface area contributed by atoms with E-state index >= 15 is 0 Å². The fraction of sp³-hybridized carbons (Fsp3) is 0.929. The topological polar surface area (TPSA) is 67.6 Å². The Hall–Kier alpha value is -0.360. The summed E-state index contributed by atoms with van der Waals surface area (Å²) in [5, 5.41) is 2.90. The first-order chi connectivity index (χ1) is 8.98. The Morgan fingerprint density at radius 1 is 1.50 bits per heavy atom. The fourth-order valence-corrected chi connectivity index (χ4v) is 2.79. The van der Waals surface area contributed by atoms with Crippen molar-refractivity contribution < 1.29 is 9.53 Å². The molecule has 3 N–H and O–H groups in total. The van der Waals surface area contributed by atoms with Gasteiger partial charge in [0.05, 0.1) is 12.5 Å². The van der Waals surface area contributed by atoms with Crippen molar-refractivity contribution in [2.75, 3.05) is 46.4 Å². The second kappa shape index (κ2) is 9.55. The van der Waals surface area contributed by atoms with Gasteiger partial charge in [-0.3, -0.25) is 4.79 Å². The molecule has 0 aliphatic carbocycles. The summed E-state index contributed by atoms with van der Waals surface area (Å²) >= 11 is 0. The molecule has 0 spiro atoms. The predicted octanol–water partition coefficient (Wildman–Crippen LogP) is 0.868. The highest BCUT2D eigenvalue weighted by molar-refractivity contribution is 5.85. The molecule has 1 aliphatic heterocycles. The Morgan fingerprint density at radius 3 is 2.80 bits per heavy atom. The molecule has 5 nitrogen and oxygen atoms in total. The molecule has 1 aliphatic rings. The van der Waals surface area contributed by atoms with E-state index in [-0.39, 0.29) is 29.6 Å². The van der Waals surface area contributed by atoms with Gasteiger partial charge in [-0.05, 0) is 19.4 Å². The first-order valence-electron chi connectivity index (χ1n) is 7.17. The Kier molecular flexibility index (Phi) is 9.38. The monoisotopic (exact) mass is 307 g/mol. The van der Waals surface area contributed by atoms with E-state index < -0.39 is 0 Å².